The number of allylic oxidation sites excluding steroid dienone is 2. The lowest BCUT2D eigenvalue weighted by Gasteiger charge is -2.25. The Kier molecular flexibility index (Phi) is 8.08. The monoisotopic (exact) mass is 650 g/mol. The fraction of sp³-hybridized carbons (Fsp3) is 0.171. The van der Waals surface area contributed by atoms with Gasteiger partial charge in [-0.2, -0.15) is 0 Å². The molecular weight excluding hydrogens is 620 g/mol. The third kappa shape index (κ3) is 5.35. The van der Waals surface area contributed by atoms with Crippen molar-refractivity contribution in [2.24, 2.45) is 23.7 Å². The normalized spacial score (nSPS) is 20.4. The molecule has 0 spiro atoms. The van der Waals surface area contributed by atoms with Crippen molar-refractivity contribution in [1.82, 2.24) is 0 Å². The van der Waals surface area contributed by atoms with Crippen LogP contribution in [0.1, 0.15) is 68.6 Å². The molecule has 242 valence electrons. The lowest BCUT2D eigenvalue weighted by Crippen LogP contribution is -2.28. The maximum absolute atomic E-state index is 13.3. The van der Waals surface area contributed by atoms with Crippen LogP contribution in [-0.4, -0.2) is 48.3 Å². The Morgan fingerprint density at radius 2 is 0.878 bits per heavy atom. The van der Waals surface area contributed by atoms with E-state index in [4.69, 9.17) is 9.47 Å². The van der Waals surface area contributed by atoms with E-state index in [9.17, 15) is 28.8 Å². The number of benzene rings is 4. The maximum Gasteiger partial charge on any atom is 0.338 e. The smallest absolute Gasteiger partial charge is 0.338 e. The SMILES string of the molecule is C=CC1CC(C=C)C(COC(=O)c2ccc3c(c2)-c2ccccc2C(=O)C3=O)C1COC(=O)c1ccc2c(c1)-c1ccccc1C(=O)C2=O. The molecule has 0 N–H and O–H groups in total. The van der Waals surface area contributed by atoms with Crippen LogP contribution in [0.5, 0.6) is 0 Å². The van der Waals surface area contributed by atoms with E-state index in [-0.39, 0.29) is 59.1 Å². The van der Waals surface area contributed by atoms with Gasteiger partial charge in [-0.25, -0.2) is 9.59 Å². The first kappa shape index (κ1) is 31.6. The molecule has 0 bridgehead atoms. The Morgan fingerprint density at radius 1 is 0.531 bits per heavy atom. The van der Waals surface area contributed by atoms with Gasteiger partial charge in [-0.3, -0.25) is 19.2 Å². The second-order valence-electron chi connectivity index (χ2n) is 12.5. The average molecular weight is 651 g/mol. The van der Waals surface area contributed by atoms with E-state index in [0.717, 1.165) is 0 Å². The zero-order chi connectivity index (χ0) is 34.4. The van der Waals surface area contributed by atoms with Crippen LogP contribution in [-0.2, 0) is 9.47 Å². The molecular formula is C41H30O8. The summed E-state index contributed by atoms with van der Waals surface area (Å²) >= 11 is 0. The zero-order valence-electron chi connectivity index (χ0n) is 26.3. The minimum Gasteiger partial charge on any atom is -0.462 e. The Morgan fingerprint density at radius 3 is 1.24 bits per heavy atom. The molecule has 7 rings (SSSR count). The van der Waals surface area contributed by atoms with E-state index < -0.39 is 35.1 Å². The first-order valence-electron chi connectivity index (χ1n) is 16.0. The number of rotatable bonds is 8. The van der Waals surface area contributed by atoms with Gasteiger partial charge >= 0.3 is 11.9 Å². The van der Waals surface area contributed by atoms with Crippen molar-refractivity contribution in [2.75, 3.05) is 13.2 Å². The standard InChI is InChI=1S/C41H30O8/c1-3-22-17-23(4-2)35(21-49-41(47)25-14-16-31-33(19-25)27-10-6-8-12-29(27)37(43)39(31)45)34(22)20-48-40(46)24-13-15-30-32(18-24)26-9-5-7-11-28(26)36(42)38(30)44/h3-16,18-19,22-23,34-35H,1-2,17,20-21H2. The van der Waals surface area contributed by atoms with E-state index in [0.29, 0.717) is 39.8 Å². The molecule has 49 heavy (non-hydrogen) atoms. The lowest BCUT2D eigenvalue weighted by atomic mass is 9.83. The number of fused-ring (bicyclic) bond motifs is 6. The van der Waals surface area contributed by atoms with Crippen LogP contribution >= 0.6 is 0 Å². The van der Waals surface area contributed by atoms with Gasteiger partial charge in [0.2, 0.25) is 23.1 Å². The molecule has 8 nitrogen and oxygen atoms in total. The highest BCUT2D eigenvalue weighted by molar-refractivity contribution is 6.53. The van der Waals surface area contributed by atoms with Crippen molar-refractivity contribution in [1.29, 1.82) is 0 Å². The molecule has 4 atom stereocenters. The fourth-order valence-corrected chi connectivity index (χ4v) is 7.35. The summed E-state index contributed by atoms with van der Waals surface area (Å²) in [5, 5.41) is 0. The predicted molar refractivity (Wildman–Crippen MR) is 181 cm³/mol. The Balaban J connectivity index is 1.07. The van der Waals surface area contributed by atoms with Crippen LogP contribution in [0.25, 0.3) is 22.3 Å². The molecule has 0 heterocycles. The topological polar surface area (TPSA) is 121 Å². The number of Topliss-reactive ketones (excluding diaryl/α,β-unsaturated/α-hetero) is 4. The van der Waals surface area contributed by atoms with Crippen molar-refractivity contribution >= 4 is 35.1 Å². The van der Waals surface area contributed by atoms with Crippen LogP contribution in [0.15, 0.2) is 110 Å². The van der Waals surface area contributed by atoms with E-state index in [1.165, 1.54) is 24.3 Å². The number of hydrogen-bond acceptors (Lipinski definition) is 8. The lowest BCUT2D eigenvalue weighted by molar-refractivity contribution is 0.0216. The van der Waals surface area contributed by atoms with Gasteiger partial charge in [0, 0.05) is 34.1 Å². The molecule has 4 aromatic carbocycles. The molecule has 4 aromatic rings. The van der Waals surface area contributed by atoms with Gasteiger partial charge in [0.15, 0.2) is 0 Å². The number of carbonyl (C=O) groups is 6. The maximum atomic E-state index is 13.3. The molecule has 3 aliphatic rings. The molecule has 0 saturated heterocycles. The number of hydrogen-bond donors (Lipinski definition) is 0. The summed E-state index contributed by atoms with van der Waals surface area (Å²) in [4.78, 5) is 77.3. The molecule has 0 radical (unpaired) electrons. The van der Waals surface area contributed by atoms with Crippen molar-refractivity contribution in [3.05, 3.63) is 144 Å². The van der Waals surface area contributed by atoms with Crippen LogP contribution in [0.3, 0.4) is 0 Å². The second kappa shape index (κ2) is 12.5. The van der Waals surface area contributed by atoms with Gasteiger partial charge in [-0.05, 0) is 76.9 Å². The van der Waals surface area contributed by atoms with Crippen molar-refractivity contribution in [3.63, 3.8) is 0 Å². The number of esters is 2. The van der Waals surface area contributed by atoms with E-state index in [1.807, 2.05) is 12.2 Å². The predicted octanol–water partition coefficient (Wildman–Crippen LogP) is 7.03. The quantitative estimate of drug-likeness (QED) is 0.113. The third-order valence-corrected chi connectivity index (χ3v) is 9.95. The van der Waals surface area contributed by atoms with Gasteiger partial charge in [0.25, 0.3) is 0 Å². The molecule has 3 aliphatic carbocycles. The van der Waals surface area contributed by atoms with Crippen LogP contribution in [0.2, 0.25) is 0 Å². The van der Waals surface area contributed by atoms with Crippen LogP contribution in [0, 0.1) is 23.7 Å². The largest absolute Gasteiger partial charge is 0.462 e. The minimum absolute atomic E-state index is 0.0267. The molecule has 0 amide bonds. The van der Waals surface area contributed by atoms with Gasteiger partial charge < -0.3 is 9.47 Å². The summed E-state index contributed by atoms with van der Waals surface area (Å²) in [5.74, 6) is -4.12. The molecule has 1 saturated carbocycles. The first-order chi connectivity index (χ1) is 23.7. The first-order valence-corrected chi connectivity index (χ1v) is 16.0. The van der Waals surface area contributed by atoms with Gasteiger partial charge in [-0.1, -0.05) is 60.7 Å². The third-order valence-electron chi connectivity index (χ3n) is 9.95. The Hall–Kier alpha value is -6.02. The van der Waals surface area contributed by atoms with Crippen LogP contribution in [0.4, 0.5) is 0 Å². The number of carbonyl (C=O) groups excluding carboxylic acids is 6. The van der Waals surface area contributed by atoms with Gasteiger partial charge in [-0.15, -0.1) is 13.2 Å². The molecule has 0 aromatic heterocycles. The Bertz CT molecular complexity index is 1990. The molecule has 1 fully saturated rings. The van der Waals surface area contributed by atoms with Crippen molar-refractivity contribution in [3.8, 4) is 22.3 Å². The van der Waals surface area contributed by atoms with E-state index >= 15 is 0 Å². The second-order valence-corrected chi connectivity index (χ2v) is 12.5. The van der Waals surface area contributed by atoms with E-state index in [2.05, 4.69) is 13.2 Å². The summed E-state index contributed by atoms with van der Waals surface area (Å²) in [6.07, 6.45) is 4.32. The highest BCUT2D eigenvalue weighted by Crippen LogP contribution is 2.44. The molecule has 0 aliphatic heterocycles. The average Bonchev–Trinajstić information content (AvgIpc) is 3.49. The number of ketones is 4. The summed E-state index contributed by atoms with van der Waals surface area (Å²) in [7, 11) is 0. The molecule has 4 unspecified atom stereocenters. The summed E-state index contributed by atoms with van der Waals surface area (Å²) in [6.45, 7) is 8.02. The summed E-state index contributed by atoms with van der Waals surface area (Å²) in [5.41, 5.74) is 3.70. The number of ether oxygens (including phenoxy) is 2. The Labute approximate surface area is 282 Å². The minimum atomic E-state index is -0.620. The van der Waals surface area contributed by atoms with Gasteiger partial charge in [0.1, 0.15) is 0 Å². The van der Waals surface area contributed by atoms with Crippen molar-refractivity contribution in [2.45, 2.75) is 6.42 Å². The summed E-state index contributed by atoms with van der Waals surface area (Å²) in [6, 6.07) is 22.6. The van der Waals surface area contributed by atoms with Gasteiger partial charge in [0.05, 0.1) is 24.3 Å². The summed E-state index contributed by atoms with van der Waals surface area (Å²) < 4.78 is 11.7. The highest BCUT2D eigenvalue weighted by atomic mass is 16.5. The van der Waals surface area contributed by atoms with Crippen molar-refractivity contribution < 1.29 is 38.2 Å². The molecule has 8 heteroatoms. The van der Waals surface area contributed by atoms with E-state index in [1.54, 1.807) is 60.7 Å². The zero-order valence-corrected chi connectivity index (χ0v) is 26.3. The van der Waals surface area contributed by atoms with Crippen LogP contribution < -0.4 is 0 Å². The fourth-order valence-electron chi connectivity index (χ4n) is 7.35. The highest BCUT2D eigenvalue weighted by Gasteiger charge is 2.42.